The van der Waals surface area contributed by atoms with E-state index in [0.717, 1.165) is 22.9 Å². The van der Waals surface area contributed by atoms with E-state index >= 15 is 0 Å². The lowest BCUT2D eigenvalue weighted by atomic mass is 10.4. The minimum atomic E-state index is 0.499. The molecule has 16 heavy (non-hydrogen) atoms. The predicted molar refractivity (Wildman–Crippen MR) is 67.4 cm³/mol. The van der Waals surface area contributed by atoms with Crippen LogP contribution in [-0.2, 0) is 6.54 Å². The van der Waals surface area contributed by atoms with Crippen molar-refractivity contribution in [3.8, 4) is 5.75 Å². The highest BCUT2D eigenvalue weighted by Crippen LogP contribution is 2.25. The van der Waals surface area contributed by atoms with Crippen molar-refractivity contribution in [1.29, 1.82) is 0 Å². The van der Waals surface area contributed by atoms with Crippen LogP contribution in [0.2, 0.25) is 5.15 Å². The molecule has 0 bridgehead atoms. The normalized spacial score (nSPS) is 10.1. The zero-order chi connectivity index (χ0) is 11.4. The first kappa shape index (κ1) is 11.2. The molecular weight excluding hydrogens is 244 g/mol. The lowest BCUT2D eigenvalue weighted by Gasteiger charge is -2.06. The first-order chi connectivity index (χ1) is 7.79. The number of anilines is 1. The lowest BCUT2D eigenvalue weighted by molar-refractivity contribution is 0.413. The van der Waals surface area contributed by atoms with Crippen molar-refractivity contribution in [2.45, 2.75) is 6.54 Å². The molecule has 0 spiro atoms. The molecule has 0 aromatic carbocycles. The monoisotopic (exact) mass is 254 g/mol. The van der Waals surface area contributed by atoms with Crippen LogP contribution in [0, 0.1) is 0 Å². The number of nitrogens with zero attached hydrogens (tertiary/aromatic N) is 1. The van der Waals surface area contributed by atoms with Gasteiger partial charge in [0, 0.05) is 0 Å². The topological polar surface area (TPSA) is 34.1 Å². The fraction of sp³-hybridized carbons (Fsp3) is 0.182. The Morgan fingerprint density at radius 3 is 3.00 bits per heavy atom. The molecule has 1 N–H and O–H groups in total. The Bertz CT molecular complexity index is 455. The SMILES string of the molecule is COc1ccsc1CNc1ccc(Cl)nc1. The van der Waals surface area contributed by atoms with E-state index in [9.17, 15) is 0 Å². The van der Waals surface area contributed by atoms with E-state index in [4.69, 9.17) is 16.3 Å². The summed E-state index contributed by atoms with van der Waals surface area (Å²) in [5.74, 6) is 0.916. The van der Waals surface area contributed by atoms with Gasteiger partial charge in [0.1, 0.15) is 10.9 Å². The molecule has 5 heteroatoms. The molecule has 0 unspecified atom stereocenters. The predicted octanol–water partition coefficient (Wildman–Crippen LogP) is 3.42. The maximum absolute atomic E-state index is 5.70. The minimum Gasteiger partial charge on any atom is -0.496 e. The molecule has 0 saturated heterocycles. The van der Waals surface area contributed by atoms with Gasteiger partial charge in [0.05, 0.1) is 30.4 Å². The number of hydrogen-bond donors (Lipinski definition) is 1. The largest absolute Gasteiger partial charge is 0.496 e. The van der Waals surface area contributed by atoms with Gasteiger partial charge in [-0.2, -0.15) is 0 Å². The minimum absolute atomic E-state index is 0.499. The third kappa shape index (κ3) is 2.65. The van der Waals surface area contributed by atoms with E-state index < -0.39 is 0 Å². The second kappa shape index (κ2) is 5.18. The third-order valence-electron chi connectivity index (χ3n) is 2.10. The highest BCUT2D eigenvalue weighted by Gasteiger charge is 2.03. The molecule has 0 radical (unpaired) electrons. The summed E-state index contributed by atoms with van der Waals surface area (Å²) in [6.45, 7) is 0.726. The number of rotatable bonds is 4. The number of hydrogen-bond acceptors (Lipinski definition) is 4. The van der Waals surface area contributed by atoms with Gasteiger partial charge in [-0.25, -0.2) is 4.98 Å². The molecule has 0 atom stereocenters. The van der Waals surface area contributed by atoms with Gasteiger partial charge in [0.25, 0.3) is 0 Å². The number of aromatic nitrogens is 1. The number of thiophene rings is 1. The average molecular weight is 255 g/mol. The maximum Gasteiger partial charge on any atom is 0.134 e. The van der Waals surface area contributed by atoms with E-state index in [0.29, 0.717) is 5.15 Å². The summed E-state index contributed by atoms with van der Waals surface area (Å²) in [5, 5.41) is 5.77. The molecule has 0 fully saturated rings. The van der Waals surface area contributed by atoms with E-state index in [2.05, 4.69) is 10.3 Å². The van der Waals surface area contributed by atoms with Gasteiger partial charge in [-0.05, 0) is 23.6 Å². The molecule has 2 aromatic heterocycles. The van der Waals surface area contributed by atoms with Crippen molar-refractivity contribution >= 4 is 28.6 Å². The van der Waals surface area contributed by atoms with Crippen LogP contribution in [0.25, 0.3) is 0 Å². The van der Waals surface area contributed by atoms with Crippen LogP contribution in [0.1, 0.15) is 4.88 Å². The van der Waals surface area contributed by atoms with Crippen molar-refractivity contribution < 1.29 is 4.74 Å². The fourth-order valence-electron chi connectivity index (χ4n) is 1.30. The smallest absolute Gasteiger partial charge is 0.134 e. The molecule has 3 nitrogen and oxygen atoms in total. The van der Waals surface area contributed by atoms with Crippen LogP contribution in [0.4, 0.5) is 5.69 Å². The van der Waals surface area contributed by atoms with Gasteiger partial charge >= 0.3 is 0 Å². The zero-order valence-corrected chi connectivity index (χ0v) is 10.3. The van der Waals surface area contributed by atoms with E-state index in [-0.39, 0.29) is 0 Å². The third-order valence-corrected chi connectivity index (χ3v) is 3.23. The number of pyridine rings is 1. The van der Waals surface area contributed by atoms with Crippen molar-refractivity contribution in [3.05, 3.63) is 39.8 Å². The Kier molecular flexibility index (Phi) is 3.64. The molecule has 0 saturated carbocycles. The molecule has 0 aliphatic rings. The van der Waals surface area contributed by atoms with Gasteiger partial charge in [-0.15, -0.1) is 11.3 Å². The van der Waals surface area contributed by atoms with E-state index in [1.54, 1.807) is 30.7 Å². The maximum atomic E-state index is 5.70. The standard InChI is InChI=1S/C11H11ClN2OS/c1-15-9-4-5-16-10(9)7-13-8-2-3-11(12)14-6-8/h2-6,13H,7H2,1H3. The summed E-state index contributed by atoms with van der Waals surface area (Å²) >= 11 is 7.36. The molecule has 84 valence electrons. The number of methoxy groups -OCH3 is 1. The van der Waals surface area contributed by atoms with Crippen LogP contribution in [0.15, 0.2) is 29.8 Å². The Labute approximate surface area is 103 Å². The van der Waals surface area contributed by atoms with Crippen LogP contribution in [0.3, 0.4) is 0 Å². The molecule has 2 heterocycles. The van der Waals surface area contributed by atoms with Crippen LogP contribution >= 0.6 is 22.9 Å². The number of nitrogens with one attached hydrogen (secondary N) is 1. The highest BCUT2D eigenvalue weighted by atomic mass is 35.5. The fourth-order valence-corrected chi connectivity index (χ4v) is 2.19. The average Bonchev–Trinajstić information content (AvgIpc) is 2.76. The Morgan fingerprint density at radius 2 is 2.31 bits per heavy atom. The van der Waals surface area contributed by atoms with E-state index in [1.165, 1.54) is 0 Å². The second-order valence-electron chi connectivity index (χ2n) is 3.14. The Morgan fingerprint density at radius 1 is 1.44 bits per heavy atom. The van der Waals surface area contributed by atoms with Crippen LogP contribution < -0.4 is 10.1 Å². The number of ether oxygens (including phenoxy) is 1. The molecule has 2 aromatic rings. The lowest BCUT2D eigenvalue weighted by Crippen LogP contribution is -1.99. The molecule has 0 aliphatic carbocycles. The summed E-state index contributed by atoms with van der Waals surface area (Å²) < 4.78 is 5.23. The van der Waals surface area contributed by atoms with Crippen molar-refractivity contribution in [3.63, 3.8) is 0 Å². The van der Waals surface area contributed by atoms with Gasteiger partial charge < -0.3 is 10.1 Å². The quantitative estimate of drug-likeness (QED) is 0.849. The first-order valence-corrected chi connectivity index (χ1v) is 6.01. The Balaban J connectivity index is 1.99. The summed E-state index contributed by atoms with van der Waals surface area (Å²) in [7, 11) is 1.68. The van der Waals surface area contributed by atoms with Crippen molar-refractivity contribution in [1.82, 2.24) is 4.98 Å². The Hall–Kier alpha value is -1.26. The van der Waals surface area contributed by atoms with Gasteiger partial charge in [-0.1, -0.05) is 11.6 Å². The molecule has 0 aliphatic heterocycles. The van der Waals surface area contributed by atoms with Gasteiger partial charge in [0.15, 0.2) is 0 Å². The van der Waals surface area contributed by atoms with Crippen LogP contribution in [-0.4, -0.2) is 12.1 Å². The molecule has 2 rings (SSSR count). The highest BCUT2D eigenvalue weighted by molar-refractivity contribution is 7.10. The van der Waals surface area contributed by atoms with Gasteiger partial charge in [-0.3, -0.25) is 0 Å². The first-order valence-electron chi connectivity index (χ1n) is 4.75. The van der Waals surface area contributed by atoms with Crippen molar-refractivity contribution in [2.24, 2.45) is 0 Å². The molecular formula is C11H11ClN2OS. The summed E-state index contributed by atoms with van der Waals surface area (Å²) in [4.78, 5) is 5.16. The summed E-state index contributed by atoms with van der Waals surface area (Å²) in [6, 6.07) is 5.62. The zero-order valence-electron chi connectivity index (χ0n) is 8.74. The number of halogens is 1. The van der Waals surface area contributed by atoms with E-state index in [1.807, 2.05) is 17.5 Å². The summed E-state index contributed by atoms with van der Waals surface area (Å²) in [5.41, 5.74) is 0.944. The molecule has 0 amide bonds. The van der Waals surface area contributed by atoms with Crippen molar-refractivity contribution in [2.75, 3.05) is 12.4 Å². The van der Waals surface area contributed by atoms with Gasteiger partial charge in [0.2, 0.25) is 0 Å². The second-order valence-corrected chi connectivity index (χ2v) is 4.52. The summed E-state index contributed by atoms with van der Waals surface area (Å²) in [6.07, 6.45) is 1.71. The van der Waals surface area contributed by atoms with Crippen LogP contribution in [0.5, 0.6) is 5.75 Å².